The third-order valence-corrected chi connectivity index (χ3v) is 4.92. The highest BCUT2D eigenvalue weighted by Gasteiger charge is 2.19. The zero-order valence-electron chi connectivity index (χ0n) is 14.1. The topological polar surface area (TPSA) is 53.9 Å². The van der Waals surface area contributed by atoms with E-state index < -0.39 is 0 Å². The summed E-state index contributed by atoms with van der Waals surface area (Å²) in [7, 11) is 2.16. The van der Waals surface area contributed by atoms with Gasteiger partial charge in [0.2, 0.25) is 0 Å². The Morgan fingerprint density at radius 3 is 2.76 bits per heavy atom. The van der Waals surface area contributed by atoms with Gasteiger partial charge in [0, 0.05) is 46.3 Å². The molecule has 4 rings (SSSR count). The van der Waals surface area contributed by atoms with Gasteiger partial charge in [-0.2, -0.15) is 0 Å². The second-order valence-corrected chi connectivity index (χ2v) is 7.01. The molecule has 2 aromatic heterocycles. The smallest absolute Gasteiger partial charge is 0.156 e. The molecule has 128 valence electrons. The van der Waals surface area contributed by atoms with Crippen molar-refractivity contribution in [2.45, 2.75) is 18.9 Å². The number of hydrogen-bond donors (Lipinski definition) is 1. The molecule has 1 aliphatic heterocycles. The average molecular weight is 354 g/mol. The molecule has 1 aliphatic rings. The summed E-state index contributed by atoms with van der Waals surface area (Å²) < 4.78 is 0. The van der Waals surface area contributed by atoms with Crippen LogP contribution in [0.4, 0.5) is 5.82 Å². The summed E-state index contributed by atoms with van der Waals surface area (Å²) in [4.78, 5) is 6.63. The van der Waals surface area contributed by atoms with Crippen LogP contribution < -0.4 is 5.32 Å². The van der Waals surface area contributed by atoms with Crippen molar-refractivity contribution >= 4 is 28.2 Å². The highest BCUT2D eigenvalue weighted by atomic mass is 35.5. The molecule has 0 bridgehead atoms. The minimum Gasteiger partial charge on any atom is -0.364 e. The molecule has 5 nitrogen and oxygen atoms in total. The quantitative estimate of drug-likeness (QED) is 0.775. The fourth-order valence-electron chi connectivity index (χ4n) is 3.40. The fourth-order valence-corrected chi connectivity index (χ4v) is 3.53. The van der Waals surface area contributed by atoms with E-state index in [9.17, 15) is 0 Å². The van der Waals surface area contributed by atoms with Crippen LogP contribution in [-0.4, -0.2) is 46.3 Å². The van der Waals surface area contributed by atoms with Gasteiger partial charge in [-0.15, -0.1) is 10.2 Å². The van der Waals surface area contributed by atoms with Gasteiger partial charge >= 0.3 is 0 Å². The fraction of sp³-hybridized carbons (Fsp3) is 0.316. The maximum atomic E-state index is 6.00. The van der Waals surface area contributed by atoms with E-state index in [0.717, 1.165) is 47.4 Å². The van der Waals surface area contributed by atoms with E-state index in [4.69, 9.17) is 11.6 Å². The Hall–Kier alpha value is -2.24. The third-order valence-electron chi connectivity index (χ3n) is 4.66. The van der Waals surface area contributed by atoms with Crippen LogP contribution in [0.25, 0.3) is 22.0 Å². The van der Waals surface area contributed by atoms with Crippen LogP contribution in [0.15, 0.2) is 42.7 Å². The summed E-state index contributed by atoms with van der Waals surface area (Å²) in [5.74, 6) is 0.829. The Morgan fingerprint density at radius 1 is 1.12 bits per heavy atom. The van der Waals surface area contributed by atoms with Gasteiger partial charge in [0.15, 0.2) is 5.82 Å². The molecule has 0 saturated carbocycles. The standard InChI is InChI=1S/C19H20ClN5/c1-25-10-2-3-15(12-25)22-19-16-8-9-21-11-17(16)18(23-24-19)13-4-6-14(20)7-5-13/h4-9,11,15H,2-3,10,12H2,1H3,(H,22,24)/t15-/m1/s1. The summed E-state index contributed by atoms with van der Waals surface area (Å²) in [6, 6.07) is 10.0. The number of likely N-dealkylation sites (tertiary alicyclic amines) is 1. The largest absolute Gasteiger partial charge is 0.364 e. The molecular formula is C19H20ClN5. The van der Waals surface area contributed by atoms with Crippen molar-refractivity contribution in [2.75, 3.05) is 25.5 Å². The Morgan fingerprint density at radius 2 is 1.96 bits per heavy atom. The van der Waals surface area contributed by atoms with Crippen LogP contribution >= 0.6 is 11.6 Å². The molecule has 1 fully saturated rings. The molecule has 3 aromatic rings. The second kappa shape index (κ2) is 6.94. The summed E-state index contributed by atoms with van der Waals surface area (Å²) in [6.07, 6.45) is 6.00. The highest BCUT2D eigenvalue weighted by molar-refractivity contribution is 6.30. The molecule has 1 atom stereocenters. The van der Waals surface area contributed by atoms with Crippen molar-refractivity contribution in [3.05, 3.63) is 47.7 Å². The van der Waals surface area contributed by atoms with Crippen LogP contribution in [0.2, 0.25) is 5.02 Å². The number of aromatic nitrogens is 3. The minimum absolute atomic E-state index is 0.394. The van der Waals surface area contributed by atoms with Gasteiger partial charge in [0.25, 0.3) is 0 Å². The van der Waals surface area contributed by atoms with Crippen molar-refractivity contribution in [3.63, 3.8) is 0 Å². The lowest BCUT2D eigenvalue weighted by Gasteiger charge is -2.30. The predicted octanol–water partition coefficient (Wildman–Crippen LogP) is 3.85. The molecule has 0 unspecified atom stereocenters. The van der Waals surface area contributed by atoms with E-state index in [0.29, 0.717) is 11.1 Å². The number of likely N-dealkylation sites (N-methyl/N-ethyl adjacent to an activating group) is 1. The lowest BCUT2D eigenvalue weighted by molar-refractivity contribution is 0.261. The number of nitrogens with one attached hydrogen (secondary N) is 1. The van der Waals surface area contributed by atoms with E-state index in [1.165, 1.54) is 6.42 Å². The summed E-state index contributed by atoms with van der Waals surface area (Å²) in [5, 5.41) is 15.3. The maximum Gasteiger partial charge on any atom is 0.156 e. The van der Waals surface area contributed by atoms with Crippen molar-refractivity contribution < 1.29 is 0 Å². The first-order valence-electron chi connectivity index (χ1n) is 8.52. The second-order valence-electron chi connectivity index (χ2n) is 6.57. The zero-order valence-corrected chi connectivity index (χ0v) is 14.9. The van der Waals surface area contributed by atoms with Gasteiger partial charge in [-0.3, -0.25) is 4.98 Å². The van der Waals surface area contributed by atoms with E-state index >= 15 is 0 Å². The molecule has 3 heterocycles. The van der Waals surface area contributed by atoms with E-state index in [1.54, 1.807) is 6.20 Å². The normalized spacial score (nSPS) is 18.4. The van der Waals surface area contributed by atoms with Gasteiger partial charge in [0.05, 0.1) is 0 Å². The maximum absolute atomic E-state index is 6.00. The summed E-state index contributed by atoms with van der Waals surface area (Å²) in [5.41, 5.74) is 1.81. The minimum atomic E-state index is 0.394. The Labute approximate surface area is 152 Å². The Bertz CT molecular complexity index is 881. The molecule has 0 aliphatic carbocycles. The number of hydrogen-bond acceptors (Lipinski definition) is 5. The number of pyridine rings is 1. The number of anilines is 1. The van der Waals surface area contributed by atoms with Crippen LogP contribution in [0.5, 0.6) is 0 Å². The molecule has 0 radical (unpaired) electrons. The molecular weight excluding hydrogens is 334 g/mol. The van der Waals surface area contributed by atoms with Crippen molar-refractivity contribution in [2.24, 2.45) is 0 Å². The first kappa shape index (κ1) is 16.2. The van der Waals surface area contributed by atoms with Crippen LogP contribution in [0.3, 0.4) is 0 Å². The Kier molecular flexibility index (Phi) is 4.51. The van der Waals surface area contributed by atoms with Gasteiger partial charge < -0.3 is 10.2 Å². The first-order valence-corrected chi connectivity index (χ1v) is 8.90. The molecule has 1 N–H and O–H groups in total. The van der Waals surface area contributed by atoms with Crippen molar-refractivity contribution in [3.8, 4) is 11.3 Å². The van der Waals surface area contributed by atoms with Crippen molar-refractivity contribution in [1.82, 2.24) is 20.1 Å². The molecule has 0 spiro atoms. The van der Waals surface area contributed by atoms with Crippen LogP contribution in [0, 0.1) is 0 Å². The third kappa shape index (κ3) is 3.43. The zero-order chi connectivity index (χ0) is 17.2. The number of halogens is 1. The van der Waals surface area contributed by atoms with Crippen molar-refractivity contribution in [1.29, 1.82) is 0 Å². The number of fused-ring (bicyclic) bond motifs is 1. The predicted molar refractivity (Wildman–Crippen MR) is 102 cm³/mol. The number of benzene rings is 1. The lowest BCUT2D eigenvalue weighted by atomic mass is 10.0. The lowest BCUT2D eigenvalue weighted by Crippen LogP contribution is -2.40. The first-order chi connectivity index (χ1) is 12.2. The van der Waals surface area contributed by atoms with Gasteiger partial charge in [-0.25, -0.2) is 0 Å². The van der Waals surface area contributed by atoms with E-state index in [-0.39, 0.29) is 0 Å². The van der Waals surface area contributed by atoms with Gasteiger partial charge in [-0.1, -0.05) is 23.7 Å². The van der Waals surface area contributed by atoms with Crippen LogP contribution in [0.1, 0.15) is 12.8 Å². The Balaban J connectivity index is 1.73. The van der Waals surface area contributed by atoms with E-state index in [2.05, 4.69) is 32.4 Å². The van der Waals surface area contributed by atoms with Gasteiger partial charge in [0.1, 0.15) is 5.69 Å². The molecule has 0 amide bonds. The number of rotatable bonds is 3. The number of nitrogens with zero attached hydrogens (tertiary/aromatic N) is 4. The molecule has 6 heteroatoms. The molecule has 25 heavy (non-hydrogen) atoms. The molecule has 1 saturated heterocycles. The van der Waals surface area contributed by atoms with Crippen LogP contribution in [-0.2, 0) is 0 Å². The summed E-state index contributed by atoms with van der Waals surface area (Å²) in [6.45, 7) is 2.18. The highest BCUT2D eigenvalue weighted by Crippen LogP contribution is 2.30. The summed E-state index contributed by atoms with van der Waals surface area (Å²) >= 11 is 6.00. The van der Waals surface area contributed by atoms with Gasteiger partial charge in [-0.05, 0) is 44.6 Å². The monoisotopic (exact) mass is 353 g/mol. The molecule has 1 aromatic carbocycles. The SMILES string of the molecule is CN1CCC[C@@H](Nc2nnc(-c3ccc(Cl)cc3)c3cnccc23)C1. The number of piperidine rings is 1. The van der Waals surface area contributed by atoms with E-state index in [1.807, 2.05) is 36.5 Å². The average Bonchev–Trinajstić information content (AvgIpc) is 2.63.